The SMILES string of the molecule is CNC(CN(CC(C)C)C(C)C)c1cc(C)ccc1OC. The predicted molar refractivity (Wildman–Crippen MR) is 91.1 cm³/mol. The van der Waals surface area contributed by atoms with Gasteiger partial charge in [-0.25, -0.2) is 0 Å². The number of nitrogens with zero attached hydrogens (tertiary/aromatic N) is 1. The first kappa shape index (κ1) is 18.0. The first-order chi connectivity index (χ1) is 9.88. The summed E-state index contributed by atoms with van der Waals surface area (Å²) in [6.07, 6.45) is 0. The second-order valence-corrected chi connectivity index (χ2v) is 6.53. The van der Waals surface area contributed by atoms with Crippen molar-refractivity contribution in [2.24, 2.45) is 5.92 Å². The number of nitrogens with one attached hydrogen (secondary N) is 1. The van der Waals surface area contributed by atoms with Crippen molar-refractivity contribution < 1.29 is 4.74 Å². The largest absolute Gasteiger partial charge is 0.496 e. The molecule has 1 rings (SSSR count). The lowest BCUT2D eigenvalue weighted by Gasteiger charge is -2.32. The number of likely N-dealkylation sites (N-methyl/N-ethyl adjacent to an activating group) is 1. The lowest BCUT2D eigenvalue weighted by molar-refractivity contribution is 0.178. The van der Waals surface area contributed by atoms with Crippen molar-refractivity contribution in [3.63, 3.8) is 0 Å². The number of rotatable bonds is 8. The molecule has 3 heteroatoms. The van der Waals surface area contributed by atoms with E-state index in [1.807, 2.05) is 7.05 Å². The van der Waals surface area contributed by atoms with E-state index in [0.29, 0.717) is 12.0 Å². The van der Waals surface area contributed by atoms with Crippen molar-refractivity contribution in [1.29, 1.82) is 0 Å². The minimum atomic E-state index is 0.279. The zero-order chi connectivity index (χ0) is 16.0. The second-order valence-electron chi connectivity index (χ2n) is 6.53. The van der Waals surface area contributed by atoms with Crippen molar-refractivity contribution >= 4 is 0 Å². The van der Waals surface area contributed by atoms with Crippen LogP contribution in [0, 0.1) is 12.8 Å². The molecule has 0 amide bonds. The molecule has 0 aromatic heterocycles. The average molecular weight is 292 g/mol. The van der Waals surface area contributed by atoms with Gasteiger partial charge in [-0.2, -0.15) is 0 Å². The summed E-state index contributed by atoms with van der Waals surface area (Å²) in [7, 11) is 3.77. The summed E-state index contributed by atoms with van der Waals surface area (Å²) in [6.45, 7) is 13.3. The van der Waals surface area contributed by atoms with Gasteiger partial charge in [0.25, 0.3) is 0 Å². The molecule has 0 saturated heterocycles. The van der Waals surface area contributed by atoms with Crippen LogP contribution in [0.5, 0.6) is 5.75 Å². The number of methoxy groups -OCH3 is 1. The number of hydrogen-bond donors (Lipinski definition) is 1. The maximum absolute atomic E-state index is 5.55. The molecule has 0 bridgehead atoms. The quantitative estimate of drug-likeness (QED) is 0.792. The predicted octanol–water partition coefficient (Wildman–Crippen LogP) is 3.63. The summed E-state index contributed by atoms with van der Waals surface area (Å²) in [4.78, 5) is 2.54. The van der Waals surface area contributed by atoms with Crippen LogP contribution in [0.3, 0.4) is 0 Å². The zero-order valence-electron chi connectivity index (χ0n) is 14.7. The number of benzene rings is 1. The maximum Gasteiger partial charge on any atom is 0.123 e. The highest BCUT2D eigenvalue weighted by atomic mass is 16.5. The highest BCUT2D eigenvalue weighted by Crippen LogP contribution is 2.27. The van der Waals surface area contributed by atoms with Crippen LogP contribution in [0.1, 0.15) is 44.9 Å². The van der Waals surface area contributed by atoms with Crippen LogP contribution >= 0.6 is 0 Å². The van der Waals surface area contributed by atoms with Crippen molar-refractivity contribution in [2.75, 3.05) is 27.2 Å². The van der Waals surface area contributed by atoms with Crippen molar-refractivity contribution in [3.8, 4) is 5.75 Å². The third-order valence-electron chi connectivity index (χ3n) is 3.86. The molecule has 0 radical (unpaired) electrons. The van der Waals surface area contributed by atoms with E-state index in [9.17, 15) is 0 Å². The van der Waals surface area contributed by atoms with Gasteiger partial charge in [0.2, 0.25) is 0 Å². The molecule has 0 aliphatic carbocycles. The number of hydrogen-bond acceptors (Lipinski definition) is 3. The van der Waals surface area contributed by atoms with Crippen LogP contribution in [0.15, 0.2) is 18.2 Å². The fraction of sp³-hybridized carbons (Fsp3) is 0.667. The van der Waals surface area contributed by atoms with Crippen molar-refractivity contribution in [2.45, 2.75) is 46.7 Å². The van der Waals surface area contributed by atoms with E-state index >= 15 is 0 Å². The Labute approximate surface area is 130 Å². The fourth-order valence-corrected chi connectivity index (χ4v) is 2.67. The normalized spacial score (nSPS) is 13.2. The molecule has 1 N–H and O–H groups in total. The van der Waals surface area contributed by atoms with Crippen LogP contribution in [0.25, 0.3) is 0 Å². The van der Waals surface area contributed by atoms with E-state index < -0.39 is 0 Å². The lowest BCUT2D eigenvalue weighted by Crippen LogP contribution is -2.40. The van der Waals surface area contributed by atoms with Gasteiger partial charge in [-0.1, -0.05) is 31.5 Å². The third kappa shape index (κ3) is 5.33. The van der Waals surface area contributed by atoms with Gasteiger partial charge < -0.3 is 10.1 Å². The Morgan fingerprint density at radius 3 is 2.29 bits per heavy atom. The topological polar surface area (TPSA) is 24.5 Å². The van der Waals surface area contributed by atoms with E-state index in [0.717, 1.165) is 18.8 Å². The standard InChI is InChI=1S/C18H32N2O/c1-13(2)11-20(14(3)4)12-17(19-6)16-10-15(5)8-9-18(16)21-7/h8-10,13-14,17,19H,11-12H2,1-7H3. The Hall–Kier alpha value is -1.06. The molecule has 0 saturated carbocycles. The minimum Gasteiger partial charge on any atom is -0.496 e. The van der Waals surface area contributed by atoms with Gasteiger partial charge in [0.1, 0.15) is 5.75 Å². The molecule has 0 aliphatic heterocycles. The zero-order valence-corrected chi connectivity index (χ0v) is 14.7. The first-order valence-electron chi connectivity index (χ1n) is 7.94. The lowest BCUT2D eigenvalue weighted by atomic mass is 10.0. The van der Waals surface area contributed by atoms with Gasteiger partial charge in [-0.05, 0) is 39.8 Å². The molecule has 120 valence electrons. The van der Waals surface area contributed by atoms with Gasteiger partial charge in [-0.15, -0.1) is 0 Å². The molecule has 3 nitrogen and oxygen atoms in total. The highest BCUT2D eigenvalue weighted by molar-refractivity contribution is 5.39. The van der Waals surface area contributed by atoms with Crippen LogP contribution in [-0.4, -0.2) is 38.2 Å². The Kier molecular flexibility index (Phi) is 7.20. The average Bonchev–Trinajstić information content (AvgIpc) is 2.42. The summed E-state index contributed by atoms with van der Waals surface area (Å²) >= 11 is 0. The molecule has 0 heterocycles. The molecule has 1 aromatic carbocycles. The van der Waals surface area contributed by atoms with E-state index in [-0.39, 0.29) is 6.04 Å². The van der Waals surface area contributed by atoms with E-state index in [2.05, 4.69) is 63.0 Å². The molecular weight excluding hydrogens is 260 g/mol. The van der Waals surface area contributed by atoms with Crippen LogP contribution in [-0.2, 0) is 0 Å². The van der Waals surface area contributed by atoms with Gasteiger partial charge >= 0.3 is 0 Å². The van der Waals surface area contributed by atoms with Crippen molar-refractivity contribution in [1.82, 2.24) is 10.2 Å². The highest BCUT2D eigenvalue weighted by Gasteiger charge is 2.20. The second kappa shape index (κ2) is 8.40. The molecular formula is C18H32N2O. The summed E-state index contributed by atoms with van der Waals surface area (Å²) < 4.78 is 5.55. The fourth-order valence-electron chi connectivity index (χ4n) is 2.67. The Morgan fingerprint density at radius 1 is 1.14 bits per heavy atom. The Morgan fingerprint density at radius 2 is 1.81 bits per heavy atom. The Balaban J connectivity index is 2.98. The smallest absolute Gasteiger partial charge is 0.123 e. The molecule has 0 aliphatic rings. The molecule has 1 unspecified atom stereocenters. The number of aryl methyl sites for hydroxylation is 1. The van der Waals surface area contributed by atoms with Gasteiger partial charge in [0, 0.05) is 30.7 Å². The molecule has 0 spiro atoms. The van der Waals surface area contributed by atoms with E-state index in [1.165, 1.54) is 11.1 Å². The molecule has 0 fully saturated rings. The molecule has 1 atom stereocenters. The van der Waals surface area contributed by atoms with Gasteiger partial charge in [-0.3, -0.25) is 4.90 Å². The maximum atomic E-state index is 5.55. The third-order valence-corrected chi connectivity index (χ3v) is 3.86. The summed E-state index contributed by atoms with van der Waals surface area (Å²) in [5.41, 5.74) is 2.51. The molecule has 1 aromatic rings. The monoisotopic (exact) mass is 292 g/mol. The Bertz CT molecular complexity index is 429. The van der Waals surface area contributed by atoms with Crippen molar-refractivity contribution in [3.05, 3.63) is 29.3 Å². The first-order valence-corrected chi connectivity index (χ1v) is 7.94. The van der Waals surface area contributed by atoms with Crippen LogP contribution in [0.2, 0.25) is 0 Å². The van der Waals surface area contributed by atoms with E-state index in [4.69, 9.17) is 4.74 Å². The van der Waals surface area contributed by atoms with E-state index in [1.54, 1.807) is 7.11 Å². The minimum absolute atomic E-state index is 0.279. The van der Waals surface area contributed by atoms with Crippen LogP contribution < -0.4 is 10.1 Å². The molecule has 21 heavy (non-hydrogen) atoms. The summed E-state index contributed by atoms with van der Waals surface area (Å²) in [5.74, 6) is 1.64. The van der Waals surface area contributed by atoms with Crippen LogP contribution in [0.4, 0.5) is 0 Å². The number of ether oxygens (including phenoxy) is 1. The summed E-state index contributed by atoms with van der Waals surface area (Å²) in [6, 6.07) is 7.22. The van der Waals surface area contributed by atoms with Gasteiger partial charge in [0.15, 0.2) is 0 Å². The van der Waals surface area contributed by atoms with Gasteiger partial charge in [0.05, 0.1) is 7.11 Å². The summed E-state index contributed by atoms with van der Waals surface area (Å²) in [5, 5.41) is 3.46.